The summed E-state index contributed by atoms with van der Waals surface area (Å²) in [5.74, 6) is 3.03. The molecule has 0 aliphatic rings. The summed E-state index contributed by atoms with van der Waals surface area (Å²) in [6, 6.07) is 6.93. The lowest BCUT2D eigenvalue weighted by atomic mass is 9.98. The maximum Gasteiger partial charge on any atom is 0.337 e. The molecule has 0 N–H and O–H groups in total. The predicted octanol–water partition coefficient (Wildman–Crippen LogP) is 5.42. The summed E-state index contributed by atoms with van der Waals surface area (Å²) in [4.78, 5) is 11.5. The molecule has 1 rings (SSSR count). The van der Waals surface area contributed by atoms with E-state index in [4.69, 9.17) is 25.4 Å². The Morgan fingerprint density at radius 3 is 2.30 bits per heavy atom. The van der Waals surface area contributed by atoms with Gasteiger partial charge >= 0.3 is 5.97 Å². The highest BCUT2D eigenvalue weighted by Crippen LogP contribution is 2.23. The fourth-order valence-corrected chi connectivity index (χ4v) is 2.83. The normalized spacial score (nSPS) is 13.3. The summed E-state index contributed by atoms with van der Waals surface area (Å²) in [7, 11) is 1.37. The van der Waals surface area contributed by atoms with Crippen LogP contribution in [-0.2, 0) is 14.2 Å². The van der Waals surface area contributed by atoms with Gasteiger partial charge in [0.1, 0.15) is 5.75 Å². The number of rotatable bonds is 15. The zero-order valence-electron chi connectivity index (χ0n) is 19.3. The average molecular weight is 419 g/mol. The molecule has 30 heavy (non-hydrogen) atoms. The van der Waals surface area contributed by atoms with Gasteiger partial charge in [0.05, 0.1) is 37.1 Å². The molecule has 168 valence electrons. The van der Waals surface area contributed by atoms with Gasteiger partial charge in [0.15, 0.2) is 0 Å². The van der Waals surface area contributed by atoms with Gasteiger partial charge in [-0.2, -0.15) is 0 Å². The first-order valence-corrected chi connectivity index (χ1v) is 10.8. The van der Waals surface area contributed by atoms with Crippen LogP contribution in [0.3, 0.4) is 0 Å². The molecule has 5 heteroatoms. The molecule has 0 aromatic heterocycles. The minimum Gasteiger partial charge on any atom is -0.493 e. The number of unbranched alkanes of at least 4 members (excludes halogenated alkanes) is 2. The summed E-state index contributed by atoms with van der Waals surface area (Å²) in [5, 5.41) is 0. The largest absolute Gasteiger partial charge is 0.493 e. The Hall–Kier alpha value is -2.03. The Morgan fingerprint density at radius 2 is 1.70 bits per heavy atom. The second-order valence-corrected chi connectivity index (χ2v) is 8.29. The van der Waals surface area contributed by atoms with Crippen molar-refractivity contribution in [2.24, 2.45) is 0 Å². The van der Waals surface area contributed by atoms with Gasteiger partial charge < -0.3 is 18.9 Å². The van der Waals surface area contributed by atoms with Crippen LogP contribution in [-0.4, -0.2) is 44.1 Å². The molecular weight excluding hydrogens is 380 g/mol. The molecule has 5 nitrogen and oxygen atoms in total. The van der Waals surface area contributed by atoms with E-state index in [-0.39, 0.29) is 17.2 Å². The van der Waals surface area contributed by atoms with Gasteiger partial charge in [0.2, 0.25) is 0 Å². The number of hydrogen-bond donors (Lipinski definition) is 0. The number of ether oxygens (including phenoxy) is 4. The van der Waals surface area contributed by atoms with Gasteiger partial charge in [-0.25, -0.2) is 4.79 Å². The second-order valence-electron chi connectivity index (χ2n) is 8.29. The Labute approximate surface area is 182 Å². The molecule has 1 aromatic carbocycles. The molecule has 0 fully saturated rings. The van der Waals surface area contributed by atoms with E-state index in [2.05, 4.69) is 33.6 Å². The molecule has 0 heterocycles. The van der Waals surface area contributed by atoms with Crippen LogP contribution < -0.4 is 4.74 Å². The average Bonchev–Trinajstić information content (AvgIpc) is 2.73. The van der Waals surface area contributed by atoms with E-state index in [0.29, 0.717) is 18.8 Å². The smallest absolute Gasteiger partial charge is 0.337 e. The molecule has 0 bridgehead atoms. The summed E-state index contributed by atoms with van der Waals surface area (Å²) in [6.07, 6.45) is 10.6. The van der Waals surface area contributed by atoms with Crippen molar-refractivity contribution in [3.05, 3.63) is 29.8 Å². The van der Waals surface area contributed by atoms with Crippen LogP contribution in [0.1, 0.15) is 76.6 Å². The first-order chi connectivity index (χ1) is 14.2. The van der Waals surface area contributed by atoms with Crippen LogP contribution in [0.15, 0.2) is 24.3 Å². The lowest BCUT2D eigenvalue weighted by Crippen LogP contribution is -2.33. The van der Waals surface area contributed by atoms with Crippen molar-refractivity contribution in [2.75, 3.05) is 26.9 Å². The summed E-state index contributed by atoms with van der Waals surface area (Å²) < 4.78 is 22.7. The van der Waals surface area contributed by atoms with Crippen molar-refractivity contribution in [1.82, 2.24) is 0 Å². The molecule has 0 amide bonds. The van der Waals surface area contributed by atoms with Gasteiger partial charge in [-0.1, -0.05) is 6.92 Å². The molecule has 0 saturated heterocycles. The Kier molecular flexibility index (Phi) is 11.5. The maximum atomic E-state index is 11.5. The summed E-state index contributed by atoms with van der Waals surface area (Å²) >= 11 is 0. The molecule has 0 spiro atoms. The van der Waals surface area contributed by atoms with Gasteiger partial charge in [-0.15, -0.1) is 12.3 Å². The second kappa shape index (κ2) is 13.3. The van der Waals surface area contributed by atoms with E-state index in [0.717, 1.165) is 50.9 Å². The van der Waals surface area contributed by atoms with Crippen molar-refractivity contribution >= 4 is 5.97 Å². The number of benzene rings is 1. The zero-order valence-corrected chi connectivity index (χ0v) is 19.3. The van der Waals surface area contributed by atoms with Gasteiger partial charge in [0, 0.05) is 19.4 Å². The van der Waals surface area contributed by atoms with Crippen LogP contribution in [0.2, 0.25) is 0 Å². The molecule has 1 atom stereocenters. The molecule has 1 aromatic rings. The van der Waals surface area contributed by atoms with Crippen molar-refractivity contribution < 1.29 is 23.7 Å². The van der Waals surface area contributed by atoms with Crippen LogP contribution in [0.4, 0.5) is 0 Å². The molecule has 0 aliphatic carbocycles. The van der Waals surface area contributed by atoms with Crippen LogP contribution >= 0.6 is 0 Å². The van der Waals surface area contributed by atoms with E-state index in [1.165, 1.54) is 7.11 Å². The highest BCUT2D eigenvalue weighted by atomic mass is 16.5. The number of carbonyl (C=O) groups is 1. The first kappa shape index (κ1) is 26.0. The molecule has 1 unspecified atom stereocenters. The molecule has 0 aliphatic heterocycles. The number of terminal acetylenes is 1. The third-order valence-corrected chi connectivity index (χ3v) is 5.29. The van der Waals surface area contributed by atoms with E-state index < -0.39 is 0 Å². The maximum absolute atomic E-state index is 11.5. The fraction of sp³-hybridized carbons (Fsp3) is 0.640. The monoisotopic (exact) mass is 418 g/mol. The SMILES string of the molecule is C#CCCCCOC(C)(CC)CCOC(C)(C)CCOc1ccc(C(=O)OC)cc1. The van der Waals surface area contributed by atoms with Gasteiger partial charge in [-0.05, 0) is 70.7 Å². The number of esters is 1. The summed E-state index contributed by atoms with van der Waals surface area (Å²) in [6.45, 7) is 10.3. The van der Waals surface area contributed by atoms with Crippen LogP contribution in [0.25, 0.3) is 0 Å². The van der Waals surface area contributed by atoms with Crippen molar-refractivity contribution in [3.63, 3.8) is 0 Å². The minimum absolute atomic E-state index is 0.176. The number of hydrogen-bond acceptors (Lipinski definition) is 5. The third kappa shape index (κ3) is 10.1. The van der Waals surface area contributed by atoms with Gasteiger partial charge in [0.25, 0.3) is 0 Å². The highest BCUT2D eigenvalue weighted by Gasteiger charge is 2.25. The first-order valence-electron chi connectivity index (χ1n) is 10.8. The van der Waals surface area contributed by atoms with Crippen LogP contribution in [0, 0.1) is 12.3 Å². The standard InChI is InChI=1S/C25H38O5/c1-7-9-10-11-18-30-25(5,8-2)17-20-29-24(3,4)16-19-28-22-14-12-21(13-15-22)23(26)27-6/h1,12-15H,8-11,16-20H2,2-6H3. The lowest BCUT2D eigenvalue weighted by Gasteiger charge is -2.31. The van der Waals surface area contributed by atoms with Crippen molar-refractivity contribution in [1.29, 1.82) is 0 Å². The Balaban J connectivity index is 2.33. The van der Waals surface area contributed by atoms with Crippen molar-refractivity contribution in [3.8, 4) is 18.1 Å². The van der Waals surface area contributed by atoms with E-state index in [9.17, 15) is 4.79 Å². The van der Waals surface area contributed by atoms with Crippen LogP contribution in [0.5, 0.6) is 5.75 Å². The third-order valence-electron chi connectivity index (χ3n) is 5.29. The molecule has 0 saturated carbocycles. The predicted molar refractivity (Wildman–Crippen MR) is 120 cm³/mol. The minimum atomic E-state index is -0.355. The lowest BCUT2D eigenvalue weighted by molar-refractivity contribution is -0.0861. The van der Waals surface area contributed by atoms with Crippen molar-refractivity contribution in [2.45, 2.75) is 77.4 Å². The quantitative estimate of drug-likeness (QED) is 0.216. The number of carbonyl (C=O) groups excluding carboxylic acids is 1. The van der Waals surface area contributed by atoms with E-state index in [1.807, 2.05) is 0 Å². The molecular formula is C25H38O5. The Morgan fingerprint density at radius 1 is 1.00 bits per heavy atom. The van der Waals surface area contributed by atoms with Gasteiger partial charge in [-0.3, -0.25) is 0 Å². The highest BCUT2D eigenvalue weighted by molar-refractivity contribution is 5.89. The topological polar surface area (TPSA) is 54.0 Å². The fourth-order valence-electron chi connectivity index (χ4n) is 2.83. The van der Waals surface area contributed by atoms with E-state index >= 15 is 0 Å². The zero-order chi connectivity index (χ0) is 22.5. The number of methoxy groups -OCH3 is 1. The molecule has 0 radical (unpaired) electrons. The van der Waals surface area contributed by atoms with E-state index in [1.54, 1.807) is 24.3 Å². The Bertz CT molecular complexity index is 659. The summed E-state index contributed by atoms with van der Waals surface area (Å²) in [5.41, 5.74) is 0.0306.